The molecule has 6 heteroatoms. The third-order valence-corrected chi connectivity index (χ3v) is 4.72. The second-order valence-electron chi connectivity index (χ2n) is 6.31. The maximum Gasteiger partial charge on any atom is 0.225 e. The normalized spacial score (nSPS) is 26.3. The first-order valence-electron chi connectivity index (χ1n) is 8.57. The molecule has 2 aromatic rings. The number of fused-ring (bicyclic) bond motifs is 1. The van der Waals surface area contributed by atoms with Crippen molar-refractivity contribution in [3.05, 3.63) is 48.5 Å². The van der Waals surface area contributed by atoms with Crippen LogP contribution < -0.4 is 4.90 Å². The topological polar surface area (TPSA) is 60.4 Å². The molecule has 2 aromatic heterocycles. The number of ether oxygens (including phenoxy) is 2. The summed E-state index contributed by atoms with van der Waals surface area (Å²) in [6.07, 6.45) is 8.95. The molecule has 4 heterocycles. The molecule has 0 aliphatic carbocycles. The van der Waals surface area contributed by atoms with E-state index in [-0.39, 0.29) is 12.2 Å². The first-order valence-corrected chi connectivity index (χ1v) is 8.57. The molecular weight excluding hydrogens is 304 g/mol. The summed E-state index contributed by atoms with van der Waals surface area (Å²) >= 11 is 0. The fourth-order valence-corrected chi connectivity index (χ4v) is 3.59. The molecule has 2 aliphatic rings. The van der Waals surface area contributed by atoms with Crippen LogP contribution >= 0.6 is 0 Å². The first kappa shape index (κ1) is 15.5. The van der Waals surface area contributed by atoms with E-state index in [1.54, 1.807) is 18.6 Å². The summed E-state index contributed by atoms with van der Waals surface area (Å²) in [4.78, 5) is 15.3. The summed E-state index contributed by atoms with van der Waals surface area (Å²) in [6.45, 7) is 2.13. The third kappa shape index (κ3) is 3.39. The Balaban J connectivity index is 1.28. The second kappa shape index (κ2) is 7.23. The van der Waals surface area contributed by atoms with Crippen molar-refractivity contribution in [1.82, 2.24) is 15.0 Å². The van der Waals surface area contributed by atoms with E-state index in [1.807, 2.05) is 24.3 Å². The molecule has 0 aromatic carbocycles. The number of rotatable bonds is 5. The maximum absolute atomic E-state index is 6.26. The molecular formula is C18H22N4O2. The summed E-state index contributed by atoms with van der Waals surface area (Å²) in [7, 11) is 0. The molecule has 6 nitrogen and oxygen atoms in total. The van der Waals surface area contributed by atoms with Gasteiger partial charge in [0.05, 0.1) is 37.2 Å². The largest absolute Gasteiger partial charge is 0.372 e. The Morgan fingerprint density at radius 1 is 1.04 bits per heavy atom. The molecule has 126 valence electrons. The van der Waals surface area contributed by atoms with Crippen molar-refractivity contribution in [2.24, 2.45) is 0 Å². The number of hydrogen-bond donors (Lipinski definition) is 0. The number of anilines is 1. The highest BCUT2D eigenvalue weighted by Crippen LogP contribution is 2.33. The van der Waals surface area contributed by atoms with E-state index in [4.69, 9.17) is 9.47 Å². The van der Waals surface area contributed by atoms with Crippen molar-refractivity contribution in [3.8, 4) is 0 Å². The molecule has 0 saturated carbocycles. The molecule has 0 unspecified atom stereocenters. The van der Waals surface area contributed by atoms with Crippen LogP contribution in [-0.2, 0) is 16.1 Å². The quantitative estimate of drug-likeness (QED) is 0.839. The van der Waals surface area contributed by atoms with Crippen molar-refractivity contribution in [2.45, 2.75) is 44.1 Å². The molecule has 2 fully saturated rings. The molecule has 2 saturated heterocycles. The van der Waals surface area contributed by atoms with Gasteiger partial charge in [0.2, 0.25) is 5.95 Å². The summed E-state index contributed by atoms with van der Waals surface area (Å²) in [5, 5.41) is 0. The SMILES string of the molecule is c1ccc(COC[C@@H]2CC[C@@H]3[C@@H](CCN3c3ncccn3)O2)nc1. The van der Waals surface area contributed by atoms with Crippen molar-refractivity contribution >= 4 is 5.95 Å². The van der Waals surface area contributed by atoms with Crippen LogP contribution in [-0.4, -0.2) is 46.4 Å². The van der Waals surface area contributed by atoms with Gasteiger partial charge in [-0.05, 0) is 37.5 Å². The zero-order valence-electron chi connectivity index (χ0n) is 13.6. The average molecular weight is 326 g/mol. The Hall–Kier alpha value is -2.05. The van der Waals surface area contributed by atoms with E-state index in [0.717, 1.165) is 37.4 Å². The van der Waals surface area contributed by atoms with E-state index >= 15 is 0 Å². The molecule has 0 bridgehead atoms. The smallest absolute Gasteiger partial charge is 0.225 e. The summed E-state index contributed by atoms with van der Waals surface area (Å²) < 4.78 is 12.1. The van der Waals surface area contributed by atoms with Gasteiger partial charge in [-0.2, -0.15) is 0 Å². The summed E-state index contributed by atoms with van der Waals surface area (Å²) in [5.74, 6) is 0.818. The minimum atomic E-state index is 0.173. The van der Waals surface area contributed by atoms with Gasteiger partial charge in [-0.1, -0.05) is 6.07 Å². The Bertz CT molecular complexity index is 640. The lowest BCUT2D eigenvalue weighted by Gasteiger charge is -2.35. The van der Waals surface area contributed by atoms with E-state index in [1.165, 1.54) is 0 Å². The number of aromatic nitrogens is 3. The molecule has 4 rings (SSSR count). The standard InChI is InChI=1S/C18H22N4O2/c1-2-8-19-14(4-1)12-23-13-15-5-6-16-17(24-15)7-11-22(16)18-20-9-3-10-21-18/h1-4,8-10,15-17H,5-7,11-13H2/t15-,16+,17+/m0/s1. The fourth-order valence-electron chi connectivity index (χ4n) is 3.59. The molecule has 0 amide bonds. The van der Waals surface area contributed by atoms with Crippen molar-refractivity contribution < 1.29 is 9.47 Å². The minimum absolute atomic E-state index is 0.173. The number of nitrogens with zero attached hydrogens (tertiary/aromatic N) is 4. The molecule has 0 N–H and O–H groups in total. The Labute approximate surface area is 141 Å². The Morgan fingerprint density at radius 3 is 2.75 bits per heavy atom. The molecule has 24 heavy (non-hydrogen) atoms. The highest BCUT2D eigenvalue weighted by Gasteiger charge is 2.40. The van der Waals surface area contributed by atoms with Gasteiger partial charge >= 0.3 is 0 Å². The molecule has 0 spiro atoms. The number of hydrogen-bond acceptors (Lipinski definition) is 6. The van der Waals surface area contributed by atoms with Crippen LogP contribution in [0.1, 0.15) is 25.0 Å². The van der Waals surface area contributed by atoms with Crippen LogP contribution in [0.25, 0.3) is 0 Å². The zero-order valence-corrected chi connectivity index (χ0v) is 13.6. The van der Waals surface area contributed by atoms with Crippen LogP contribution in [0.3, 0.4) is 0 Å². The second-order valence-corrected chi connectivity index (χ2v) is 6.31. The summed E-state index contributed by atoms with van der Waals surface area (Å²) in [6, 6.07) is 8.11. The number of pyridine rings is 1. The van der Waals surface area contributed by atoms with E-state index in [0.29, 0.717) is 19.3 Å². The summed E-state index contributed by atoms with van der Waals surface area (Å²) in [5.41, 5.74) is 0.958. The van der Waals surface area contributed by atoms with Gasteiger partial charge in [-0.25, -0.2) is 9.97 Å². The van der Waals surface area contributed by atoms with Gasteiger partial charge in [0, 0.05) is 25.1 Å². The molecule has 0 radical (unpaired) electrons. The zero-order chi connectivity index (χ0) is 16.2. The van der Waals surface area contributed by atoms with Crippen molar-refractivity contribution in [2.75, 3.05) is 18.1 Å². The third-order valence-electron chi connectivity index (χ3n) is 4.72. The van der Waals surface area contributed by atoms with Crippen LogP contribution in [0, 0.1) is 0 Å². The molecule has 2 aliphatic heterocycles. The lowest BCUT2D eigenvalue weighted by Crippen LogP contribution is -2.44. The van der Waals surface area contributed by atoms with E-state index in [9.17, 15) is 0 Å². The first-order chi connectivity index (χ1) is 11.9. The van der Waals surface area contributed by atoms with Crippen molar-refractivity contribution in [1.29, 1.82) is 0 Å². The minimum Gasteiger partial charge on any atom is -0.372 e. The van der Waals surface area contributed by atoms with Crippen LogP contribution in [0.15, 0.2) is 42.9 Å². The maximum atomic E-state index is 6.26. The van der Waals surface area contributed by atoms with Gasteiger partial charge in [0.15, 0.2) is 0 Å². The monoisotopic (exact) mass is 326 g/mol. The van der Waals surface area contributed by atoms with Gasteiger partial charge in [0.1, 0.15) is 0 Å². The predicted octanol–water partition coefficient (Wildman–Crippen LogP) is 2.21. The van der Waals surface area contributed by atoms with Crippen LogP contribution in [0.2, 0.25) is 0 Å². The van der Waals surface area contributed by atoms with Crippen LogP contribution in [0.5, 0.6) is 0 Å². The Morgan fingerprint density at radius 2 is 1.92 bits per heavy atom. The van der Waals surface area contributed by atoms with E-state index < -0.39 is 0 Å². The average Bonchev–Trinajstić information content (AvgIpc) is 3.07. The highest BCUT2D eigenvalue weighted by atomic mass is 16.5. The van der Waals surface area contributed by atoms with Gasteiger partial charge < -0.3 is 14.4 Å². The lowest BCUT2D eigenvalue weighted by molar-refractivity contribution is -0.0892. The fraction of sp³-hybridized carbons (Fsp3) is 0.500. The van der Waals surface area contributed by atoms with Gasteiger partial charge in [-0.15, -0.1) is 0 Å². The van der Waals surface area contributed by atoms with Crippen molar-refractivity contribution in [3.63, 3.8) is 0 Å². The predicted molar refractivity (Wildman–Crippen MR) is 89.6 cm³/mol. The van der Waals surface area contributed by atoms with Crippen LogP contribution in [0.4, 0.5) is 5.95 Å². The van der Waals surface area contributed by atoms with Gasteiger partial charge in [0.25, 0.3) is 0 Å². The molecule has 3 atom stereocenters. The highest BCUT2D eigenvalue weighted by molar-refractivity contribution is 5.34. The van der Waals surface area contributed by atoms with E-state index in [2.05, 4.69) is 19.9 Å². The Kier molecular flexibility index (Phi) is 4.66. The van der Waals surface area contributed by atoms with Gasteiger partial charge in [-0.3, -0.25) is 4.98 Å². The lowest BCUT2D eigenvalue weighted by atomic mass is 9.99.